The average Bonchev–Trinajstić information content (AvgIpc) is 2.46. The molecule has 0 unspecified atom stereocenters. The second kappa shape index (κ2) is 4.70. The van der Waals surface area contributed by atoms with Crippen LogP contribution in [0.2, 0.25) is 0 Å². The highest BCUT2D eigenvalue weighted by Crippen LogP contribution is 2.31. The van der Waals surface area contributed by atoms with Gasteiger partial charge in [0.2, 0.25) is 0 Å². The van der Waals surface area contributed by atoms with E-state index in [1.165, 1.54) is 0 Å². The summed E-state index contributed by atoms with van der Waals surface area (Å²) in [5.74, 6) is 2.49. The fraction of sp³-hybridized carbons (Fsp3) is 0.267. The molecule has 1 aliphatic carbocycles. The number of allylic oxidation sites excluding steroid dienone is 1. The molecule has 0 amide bonds. The van der Waals surface area contributed by atoms with Crippen LogP contribution >= 0.6 is 12.2 Å². The van der Waals surface area contributed by atoms with Gasteiger partial charge in [0, 0.05) is 29.5 Å². The molecule has 0 radical (unpaired) electrons. The van der Waals surface area contributed by atoms with E-state index in [2.05, 4.69) is 0 Å². The topological polar surface area (TPSA) is 31.6 Å². The standard InChI is InChI=1S/C15H14O3S/c1-16-9-3-5-11-13(7-9)18-14-8-10(17-2)4-6-12(14)15(11)19/h3,5,7-8H,4,6H2,1-2H3. The molecule has 1 aliphatic rings. The Labute approximate surface area is 116 Å². The van der Waals surface area contributed by atoms with Crippen LogP contribution in [0, 0.1) is 4.51 Å². The number of fused-ring (bicyclic) bond motifs is 2. The van der Waals surface area contributed by atoms with E-state index in [0.29, 0.717) is 0 Å². The van der Waals surface area contributed by atoms with Gasteiger partial charge in [-0.25, -0.2) is 0 Å². The summed E-state index contributed by atoms with van der Waals surface area (Å²) in [5, 5.41) is 0.962. The minimum absolute atomic E-state index is 0.747. The molecule has 0 atom stereocenters. The molecule has 3 rings (SSSR count). The Hall–Kier alpha value is -1.81. The fourth-order valence-corrected chi connectivity index (χ4v) is 2.71. The van der Waals surface area contributed by atoms with Crippen molar-refractivity contribution >= 4 is 29.3 Å². The van der Waals surface area contributed by atoms with Gasteiger partial charge in [0.15, 0.2) is 0 Å². The molecule has 0 fully saturated rings. The van der Waals surface area contributed by atoms with Gasteiger partial charge < -0.3 is 13.9 Å². The third-order valence-electron chi connectivity index (χ3n) is 3.40. The first-order valence-electron chi connectivity index (χ1n) is 6.11. The summed E-state index contributed by atoms with van der Waals surface area (Å²) < 4.78 is 17.3. The summed E-state index contributed by atoms with van der Waals surface area (Å²) in [6.07, 6.45) is 3.65. The number of methoxy groups -OCH3 is 2. The Bertz CT molecular complexity index is 728. The van der Waals surface area contributed by atoms with E-state index in [4.69, 9.17) is 26.1 Å². The molecule has 0 aliphatic heterocycles. The third kappa shape index (κ3) is 2.02. The second-order valence-corrected chi connectivity index (χ2v) is 4.86. The predicted octanol–water partition coefficient (Wildman–Crippen LogP) is 4.10. The van der Waals surface area contributed by atoms with Gasteiger partial charge in [0.05, 0.1) is 24.5 Å². The lowest BCUT2D eigenvalue weighted by molar-refractivity contribution is 0.278. The highest BCUT2D eigenvalue weighted by Gasteiger charge is 2.16. The van der Waals surface area contributed by atoms with E-state index < -0.39 is 0 Å². The van der Waals surface area contributed by atoms with E-state index in [-0.39, 0.29) is 0 Å². The lowest BCUT2D eigenvalue weighted by atomic mass is 10.0. The van der Waals surface area contributed by atoms with Gasteiger partial charge in [0.1, 0.15) is 17.1 Å². The van der Waals surface area contributed by atoms with Crippen LogP contribution in [-0.4, -0.2) is 14.2 Å². The van der Waals surface area contributed by atoms with Crippen LogP contribution in [0.25, 0.3) is 17.0 Å². The molecule has 0 bridgehead atoms. The molecule has 1 aromatic carbocycles. The highest BCUT2D eigenvalue weighted by atomic mass is 32.1. The lowest BCUT2D eigenvalue weighted by Crippen LogP contribution is -2.02. The Morgan fingerprint density at radius 3 is 2.74 bits per heavy atom. The first kappa shape index (κ1) is 12.2. The lowest BCUT2D eigenvalue weighted by Gasteiger charge is -2.15. The quantitative estimate of drug-likeness (QED) is 0.771. The van der Waals surface area contributed by atoms with Crippen LogP contribution in [0.1, 0.15) is 17.7 Å². The van der Waals surface area contributed by atoms with Crippen molar-refractivity contribution in [2.45, 2.75) is 12.8 Å². The second-order valence-electron chi connectivity index (χ2n) is 4.45. The van der Waals surface area contributed by atoms with Crippen molar-refractivity contribution in [2.24, 2.45) is 0 Å². The number of ether oxygens (including phenoxy) is 2. The van der Waals surface area contributed by atoms with Crippen LogP contribution in [-0.2, 0) is 11.2 Å². The average molecular weight is 274 g/mol. The van der Waals surface area contributed by atoms with Crippen molar-refractivity contribution in [3.05, 3.63) is 39.8 Å². The van der Waals surface area contributed by atoms with Gasteiger partial charge in [0.25, 0.3) is 0 Å². The van der Waals surface area contributed by atoms with Gasteiger partial charge in [-0.3, -0.25) is 0 Å². The van der Waals surface area contributed by atoms with E-state index >= 15 is 0 Å². The van der Waals surface area contributed by atoms with Crippen molar-refractivity contribution < 1.29 is 13.9 Å². The highest BCUT2D eigenvalue weighted by molar-refractivity contribution is 7.71. The zero-order chi connectivity index (χ0) is 13.4. The molecule has 19 heavy (non-hydrogen) atoms. The van der Waals surface area contributed by atoms with E-state index in [9.17, 15) is 0 Å². The molecule has 1 heterocycles. The minimum atomic E-state index is 0.747. The third-order valence-corrected chi connectivity index (χ3v) is 3.87. The molecule has 2 aromatic rings. The Balaban J connectivity index is 2.28. The van der Waals surface area contributed by atoms with E-state index in [0.717, 1.165) is 51.2 Å². The van der Waals surface area contributed by atoms with Crippen LogP contribution in [0.15, 0.2) is 28.4 Å². The molecule has 98 valence electrons. The largest absolute Gasteiger partial charge is 0.501 e. The van der Waals surface area contributed by atoms with E-state index in [1.54, 1.807) is 14.2 Å². The van der Waals surface area contributed by atoms with Crippen molar-refractivity contribution in [2.75, 3.05) is 14.2 Å². The summed E-state index contributed by atoms with van der Waals surface area (Å²) in [7, 11) is 3.31. The molecular formula is C15H14O3S. The Morgan fingerprint density at radius 2 is 2.00 bits per heavy atom. The maximum Gasteiger partial charge on any atom is 0.139 e. The molecule has 0 spiro atoms. The summed E-state index contributed by atoms with van der Waals surface area (Å²) in [5.41, 5.74) is 1.84. The van der Waals surface area contributed by atoms with Gasteiger partial charge in [-0.2, -0.15) is 0 Å². The van der Waals surface area contributed by atoms with Crippen molar-refractivity contribution in [3.8, 4) is 5.75 Å². The predicted molar refractivity (Wildman–Crippen MR) is 76.9 cm³/mol. The van der Waals surface area contributed by atoms with Crippen LogP contribution < -0.4 is 4.74 Å². The molecule has 4 heteroatoms. The number of rotatable bonds is 2. The van der Waals surface area contributed by atoms with Gasteiger partial charge in [-0.15, -0.1) is 0 Å². The summed E-state index contributed by atoms with van der Waals surface area (Å²) in [6, 6.07) is 5.72. The number of benzene rings is 1. The minimum Gasteiger partial charge on any atom is -0.501 e. The molecule has 0 saturated carbocycles. The van der Waals surface area contributed by atoms with Crippen LogP contribution in [0.3, 0.4) is 0 Å². The fourth-order valence-electron chi connectivity index (χ4n) is 2.34. The van der Waals surface area contributed by atoms with Crippen molar-refractivity contribution in [1.82, 2.24) is 0 Å². The monoisotopic (exact) mass is 274 g/mol. The smallest absolute Gasteiger partial charge is 0.139 e. The maximum atomic E-state index is 5.94. The first-order chi connectivity index (χ1) is 9.22. The van der Waals surface area contributed by atoms with Gasteiger partial charge in [-0.05, 0) is 18.6 Å². The van der Waals surface area contributed by atoms with Crippen molar-refractivity contribution in [3.63, 3.8) is 0 Å². The van der Waals surface area contributed by atoms with Crippen LogP contribution in [0.5, 0.6) is 5.75 Å². The number of hydrogen-bond acceptors (Lipinski definition) is 4. The molecule has 3 nitrogen and oxygen atoms in total. The summed E-state index contributed by atoms with van der Waals surface area (Å²) >= 11 is 5.56. The normalized spacial score (nSPS) is 13.9. The molecule has 0 saturated heterocycles. The van der Waals surface area contributed by atoms with Gasteiger partial charge >= 0.3 is 0 Å². The first-order valence-corrected chi connectivity index (χ1v) is 6.52. The summed E-state index contributed by atoms with van der Waals surface area (Å²) in [6.45, 7) is 0. The zero-order valence-corrected chi connectivity index (χ0v) is 11.7. The summed E-state index contributed by atoms with van der Waals surface area (Å²) in [4.78, 5) is 0. The molecular weight excluding hydrogens is 260 g/mol. The SMILES string of the molecule is COC1=Cc2oc3cc(OC)ccc3c(=S)c2CC1. The van der Waals surface area contributed by atoms with Crippen molar-refractivity contribution in [1.29, 1.82) is 0 Å². The Morgan fingerprint density at radius 1 is 1.16 bits per heavy atom. The molecule has 0 N–H and O–H groups in total. The Kier molecular flexibility index (Phi) is 3.03. The zero-order valence-electron chi connectivity index (χ0n) is 10.9. The van der Waals surface area contributed by atoms with Crippen LogP contribution in [0.4, 0.5) is 0 Å². The maximum absolute atomic E-state index is 5.94. The van der Waals surface area contributed by atoms with Gasteiger partial charge in [-0.1, -0.05) is 12.2 Å². The van der Waals surface area contributed by atoms with E-state index in [1.807, 2.05) is 24.3 Å². The molecule has 1 aromatic heterocycles. The number of hydrogen-bond donors (Lipinski definition) is 0.